The third-order valence-corrected chi connectivity index (χ3v) is 7.35. The number of phenolic OH excluding ortho intramolecular Hbond substituents is 2. The summed E-state index contributed by atoms with van der Waals surface area (Å²) in [6.45, 7) is 0.966. The normalized spacial score (nSPS) is 31.1. The van der Waals surface area contributed by atoms with Crippen LogP contribution < -0.4 is 19.6 Å². The van der Waals surface area contributed by atoms with Crippen LogP contribution in [0.2, 0.25) is 0 Å². The Balaban J connectivity index is 1.60. The number of methoxy groups -OCH3 is 2. The zero-order chi connectivity index (χ0) is 31.2. The van der Waals surface area contributed by atoms with Crippen LogP contribution in [0.1, 0.15) is 6.92 Å². The van der Waals surface area contributed by atoms with Gasteiger partial charge in [0.15, 0.2) is 29.7 Å². The second-order valence-electron chi connectivity index (χ2n) is 10.2. The lowest BCUT2D eigenvalue weighted by molar-refractivity contribution is -0.344. The third kappa shape index (κ3) is 5.69. The van der Waals surface area contributed by atoms with Gasteiger partial charge in [-0.3, -0.25) is 4.79 Å². The molecule has 15 nitrogen and oxygen atoms in total. The van der Waals surface area contributed by atoms with E-state index in [1.165, 1.54) is 51.5 Å². The molecular formula is C28H32O15. The van der Waals surface area contributed by atoms with Crippen LogP contribution in [-0.2, 0) is 14.2 Å². The molecule has 7 N–H and O–H groups in total. The molecule has 3 heterocycles. The second kappa shape index (κ2) is 12.1. The van der Waals surface area contributed by atoms with E-state index in [1.54, 1.807) is 0 Å². The average molecular weight is 609 g/mol. The second-order valence-corrected chi connectivity index (χ2v) is 10.2. The number of rotatable bonds is 7. The van der Waals surface area contributed by atoms with Crippen LogP contribution in [0.4, 0.5) is 0 Å². The minimum atomic E-state index is -1.77. The van der Waals surface area contributed by atoms with Gasteiger partial charge < -0.3 is 68.6 Å². The summed E-state index contributed by atoms with van der Waals surface area (Å²) >= 11 is 0. The summed E-state index contributed by atoms with van der Waals surface area (Å²) in [6.07, 6.45) is -13.9. The Bertz CT molecular complexity index is 1520. The van der Waals surface area contributed by atoms with Gasteiger partial charge in [0.2, 0.25) is 17.5 Å². The fraction of sp³-hybridized carbons (Fsp3) is 0.464. The zero-order valence-corrected chi connectivity index (χ0v) is 23.2. The Kier molecular flexibility index (Phi) is 8.69. The van der Waals surface area contributed by atoms with E-state index in [-0.39, 0.29) is 39.5 Å². The molecule has 15 heteroatoms. The van der Waals surface area contributed by atoms with Gasteiger partial charge >= 0.3 is 0 Å². The van der Waals surface area contributed by atoms with Crippen LogP contribution in [0.3, 0.4) is 0 Å². The van der Waals surface area contributed by atoms with Gasteiger partial charge in [0.1, 0.15) is 53.0 Å². The number of aliphatic hydroxyl groups excluding tert-OH is 5. The number of fused-ring (bicyclic) bond motifs is 1. The quantitative estimate of drug-likeness (QED) is 0.180. The molecule has 2 aromatic carbocycles. The molecule has 2 aliphatic heterocycles. The molecule has 0 bridgehead atoms. The van der Waals surface area contributed by atoms with Crippen LogP contribution in [0, 0.1) is 0 Å². The first-order valence-corrected chi connectivity index (χ1v) is 13.2. The standard InChI is InChI=1S/C28H32O15/c1-10-19(32)22(35)23(36)27(40-10)43-26-20(33)15(31)9-39-28(26)42-25-21(34)18-14(30)7-12(37-2)8-17(18)41-24(25)11-4-5-13(29)16(6-11)38-3/h4-8,10,15,19-20,22-23,26-33,35-36H,9H2,1-3H3/t10-,15-,19-,20-,22+,23+,26+,27-,28-/m1/s1. The minimum Gasteiger partial charge on any atom is -0.507 e. The molecule has 2 saturated heterocycles. The predicted molar refractivity (Wildman–Crippen MR) is 144 cm³/mol. The smallest absolute Gasteiger partial charge is 0.239 e. The van der Waals surface area contributed by atoms with Crippen LogP contribution >= 0.6 is 0 Å². The molecule has 9 atom stereocenters. The number of aromatic hydroxyl groups is 2. The molecule has 234 valence electrons. The summed E-state index contributed by atoms with van der Waals surface area (Å²) in [5.74, 6) is -1.19. The highest BCUT2D eigenvalue weighted by Gasteiger charge is 2.48. The van der Waals surface area contributed by atoms with Crippen molar-refractivity contribution >= 4 is 11.0 Å². The first-order valence-electron chi connectivity index (χ1n) is 13.2. The summed E-state index contributed by atoms with van der Waals surface area (Å²) < 4.78 is 39.1. The molecule has 0 radical (unpaired) electrons. The third-order valence-electron chi connectivity index (χ3n) is 7.35. The fourth-order valence-electron chi connectivity index (χ4n) is 4.90. The van der Waals surface area contributed by atoms with E-state index in [9.17, 15) is 40.5 Å². The number of phenols is 2. The summed E-state index contributed by atoms with van der Waals surface area (Å²) in [7, 11) is 2.68. The molecule has 2 fully saturated rings. The SMILES string of the molecule is COc1cc(O)c2c(=O)c(O[C@H]3OC[C@@H](O)[C@@H](O)[C@@H]3O[C@H]3O[C@H](C)[C@@H](O)[C@H](O)[C@@H]3O)c(-c3ccc(O)c(OC)c3)oc2c1. The van der Waals surface area contributed by atoms with Gasteiger partial charge in [-0.15, -0.1) is 0 Å². The van der Waals surface area contributed by atoms with Crippen molar-refractivity contribution in [1.82, 2.24) is 0 Å². The van der Waals surface area contributed by atoms with Gasteiger partial charge in [0.05, 0.1) is 26.9 Å². The van der Waals surface area contributed by atoms with E-state index in [0.29, 0.717) is 0 Å². The maximum absolute atomic E-state index is 13.9. The Hall–Kier alpha value is -3.67. The van der Waals surface area contributed by atoms with Crippen LogP contribution in [0.5, 0.6) is 28.7 Å². The fourth-order valence-corrected chi connectivity index (χ4v) is 4.90. The van der Waals surface area contributed by atoms with Crippen molar-refractivity contribution in [2.24, 2.45) is 0 Å². The molecule has 2 aliphatic rings. The Morgan fingerprint density at radius 2 is 1.60 bits per heavy atom. The molecule has 0 spiro atoms. The van der Waals surface area contributed by atoms with Crippen molar-refractivity contribution in [3.05, 3.63) is 40.6 Å². The van der Waals surface area contributed by atoms with E-state index in [4.69, 9.17) is 32.8 Å². The van der Waals surface area contributed by atoms with Crippen molar-refractivity contribution in [3.8, 4) is 40.1 Å². The van der Waals surface area contributed by atoms with Gasteiger partial charge in [-0.25, -0.2) is 0 Å². The lowest BCUT2D eigenvalue weighted by Gasteiger charge is -2.43. The van der Waals surface area contributed by atoms with E-state index in [2.05, 4.69) is 0 Å². The van der Waals surface area contributed by atoms with Crippen molar-refractivity contribution in [3.63, 3.8) is 0 Å². The van der Waals surface area contributed by atoms with Crippen LogP contribution in [0.25, 0.3) is 22.3 Å². The van der Waals surface area contributed by atoms with Crippen LogP contribution in [-0.4, -0.2) is 112 Å². The van der Waals surface area contributed by atoms with Gasteiger partial charge in [0, 0.05) is 17.7 Å². The molecule has 1 aromatic heterocycles. The van der Waals surface area contributed by atoms with E-state index in [1.807, 2.05) is 0 Å². The summed E-state index contributed by atoms with van der Waals surface area (Å²) in [6, 6.07) is 6.62. The lowest BCUT2D eigenvalue weighted by atomic mass is 9.99. The van der Waals surface area contributed by atoms with Crippen molar-refractivity contribution < 1.29 is 68.6 Å². The van der Waals surface area contributed by atoms with Gasteiger partial charge in [-0.05, 0) is 25.1 Å². The Morgan fingerprint density at radius 1 is 0.860 bits per heavy atom. The summed E-state index contributed by atoms with van der Waals surface area (Å²) in [5.41, 5.74) is -0.756. The highest BCUT2D eigenvalue weighted by atomic mass is 16.8. The number of benzene rings is 2. The number of aliphatic hydroxyl groups is 5. The highest BCUT2D eigenvalue weighted by molar-refractivity contribution is 5.88. The first kappa shape index (κ1) is 30.8. The molecule has 0 aliphatic carbocycles. The predicted octanol–water partition coefficient (Wildman–Crippen LogP) is -0.442. The minimum absolute atomic E-state index is 0.0339. The molecule has 0 amide bonds. The Morgan fingerprint density at radius 3 is 2.30 bits per heavy atom. The average Bonchev–Trinajstić information content (AvgIpc) is 2.99. The topological polar surface area (TPSA) is 227 Å². The zero-order valence-electron chi connectivity index (χ0n) is 23.2. The maximum atomic E-state index is 13.9. The largest absolute Gasteiger partial charge is 0.507 e. The molecule has 0 unspecified atom stereocenters. The van der Waals surface area contributed by atoms with E-state index < -0.39 is 78.8 Å². The first-order chi connectivity index (χ1) is 20.4. The molecule has 3 aromatic rings. The van der Waals surface area contributed by atoms with Gasteiger partial charge in [-0.2, -0.15) is 0 Å². The van der Waals surface area contributed by atoms with Crippen molar-refractivity contribution in [2.45, 2.75) is 62.2 Å². The van der Waals surface area contributed by atoms with Crippen molar-refractivity contribution in [2.75, 3.05) is 20.8 Å². The van der Waals surface area contributed by atoms with E-state index >= 15 is 0 Å². The lowest BCUT2D eigenvalue weighted by Crippen LogP contribution is -2.62. The van der Waals surface area contributed by atoms with Gasteiger partial charge in [0.25, 0.3) is 0 Å². The van der Waals surface area contributed by atoms with Crippen molar-refractivity contribution in [1.29, 1.82) is 0 Å². The van der Waals surface area contributed by atoms with Gasteiger partial charge in [-0.1, -0.05) is 0 Å². The Labute approximate surface area is 243 Å². The molecule has 0 saturated carbocycles. The number of ether oxygens (including phenoxy) is 6. The molecular weight excluding hydrogens is 576 g/mol. The molecule has 43 heavy (non-hydrogen) atoms. The number of hydrogen-bond donors (Lipinski definition) is 7. The summed E-state index contributed by atoms with van der Waals surface area (Å²) in [5, 5.41) is 72.3. The molecule has 5 rings (SSSR count). The number of hydrogen-bond acceptors (Lipinski definition) is 15. The maximum Gasteiger partial charge on any atom is 0.239 e. The monoisotopic (exact) mass is 608 g/mol. The summed E-state index contributed by atoms with van der Waals surface area (Å²) in [4.78, 5) is 13.9. The van der Waals surface area contributed by atoms with Crippen LogP contribution in [0.15, 0.2) is 39.5 Å². The van der Waals surface area contributed by atoms with E-state index in [0.717, 1.165) is 0 Å². The highest BCUT2D eigenvalue weighted by Crippen LogP contribution is 2.40.